The van der Waals surface area contributed by atoms with E-state index in [1.807, 2.05) is 0 Å². The minimum absolute atomic E-state index is 0.0150. The number of phenols is 1. The summed E-state index contributed by atoms with van der Waals surface area (Å²) in [5.41, 5.74) is 1.54. The molecular weight excluding hydrogens is 418 g/mol. The molecule has 0 spiro atoms. The number of carboxylic acid groups (broad SMARTS) is 1. The quantitative estimate of drug-likeness (QED) is 0.281. The highest BCUT2D eigenvalue weighted by Gasteiger charge is 2.23. The van der Waals surface area contributed by atoms with E-state index in [0.717, 1.165) is 0 Å². The molecule has 7 nitrogen and oxygen atoms in total. The van der Waals surface area contributed by atoms with Crippen LogP contribution >= 0.6 is 12.6 Å². The Morgan fingerprint density at radius 3 is 2.55 bits per heavy atom. The van der Waals surface area contributed by atoms with E-state index in [1.54, 1.807) is 12.1 Å². The van der Waals surface area contributed by atoms with Gasteiger partial charge in [-0.2, -0.15) is 12.6 Å². The average molecular weight is 435 g/mol. The number of phenolic OH excluding ortho intramolecular Hbond substituents is 1. The van der Waals surface area contributed by atoms with E-state index in [1.165, 1.54) is 42.5 Å². The molecule has 2 aromatic carbocycles. The Morgan fingerprint density at radius 1 is 1.00 bits per heavy atom. The molecule has 1 heterocycles. The van der Waals surface area contributed by atoms with E-state index in [0.29, 0.717) is 34.4 Å². The number of aromatic carboxylic acids is 1. The first kappa shape index (κ1) is 20.5. The molecule has 31 heavy (non-hydrogen) atoms. The van der Waals surface area contributed by atoms with Crippen LogP contribution in [0.1, 0.15) is 20.7 Å². The number of hydrogen-bond donors (Lipinski definition) is 4. The number of rotatable bonds is 5. The van der Waals surface area contributed by atoms with Crippen molar-refractivity contribution in [1.82, 2.24) is 5.32 Å². The molecule has 156 valence electrons. The van der Waals surface area contributed by atoms with Crippen molar-refractivity contribution in [2.75, 3.05) is 12.3 Å². The van der Waals surface area contributed by atoms with Crippen LogP contribution in [-0.4, -0.2) is 34.4 Å². The van der Waals surface area contributed by atoms with Crippen molar-refractivity contribution in [3.8, 4) is 28.2 Å². The summed E-state index contributed by atoms with van der Waals surface area (Å²) < 4.78 is 5.81. The Morgan fingerprint density at radius 2 is 1.81 bits per heavy atom. The molecule has 3 N–H and O–H groups in total. The summed E-state index contributed by atoms with van der Waals surface area (Å²) in [5, 5.41) is 22.9. The van der Waals surface area contributed by atoms with E-state index >= 15 is 0 Å². The smallest absolute Gasteiger partial charge is 0.336 e. The second-order valence-corrected chi connectivity index (χ2v) is 7.31. The van der Waals surface area contributed by atoms with Crippen molar-refractivity contribution in [2.24, 2.45) is 0 Å². The van der Waals surface area contributed by atoms with Crippen molar-refractivity contribution < 1.29 is 24.2 Å². The molecule has 1 amide bonds. The largest absolute Gasteiger partial charge is 0.508 e. The molecule has 0 unspecified atom stereocenters. The third-order valence-electron chi connectivity index (χ3n) is 4.86. The molecule has 2 aliphatic rings. The summed E-state index contributed by atoms with van der Waals surface area (Å²) in [6.07, 6.45) is 0. The van der Waals surface area contributed by atoms with Gasteiger partial charge in [0.1, 0.15) is 17.1 Å². The summed E-state index contributed by atoms with van der Waals surface area (Å²) in [4.78, 5) is 36.4. The molecule has 0 saturated heterocycles. The summed E-state index contributed by atoms with van der Waals surface area (Å²) in [5.74, 6) is -0.873. The van der Waals surface area contributed by atoms with Crippen LogP contribution in [0.25, 0.3) is 33.4 Å². The number of carbonyl (C=O) groups excluding carboxylic acids is 1. The standard InChI is InChI=1S/C23H17NO6S/c25-13-2-5-16-19(10-13)30-20-11-14(26)3-6-17(20)21(16)18-9-12(22(27)24-7-8-31)1-4-15(18)23(28)29/h1-6,9-11,25,31H,7-8H2,(H,24,27)(H,28,29). The van der Waals surface area contributed by atoms with Gasteiger partial charge in [-0.1, -0.05) is 0 Å². The predicted octanol–water partition coefficient (Wildman–Crippen LogP) is 3.63. The van der Waals surface area contributed by atoms with Gasteiger partial charge in [0.2, 0.25) is 0 Å². The lowest BCUT2D eigenvalue weighted by Crippen LogP contribution is -2.25. The first-order valence-electron chi connectivity index (χ1n) is 9.35. The van der Waals surface area contributed by atoms with Gasteiger partial charge in [0, 0.05) is 46.5 Å². The third kappa shape index (κ3) is 3.85. The molecule has 0 bridgehead atoms. The number of carboxylic acids is 1. The predicted molar refractivity (Wildman–Crippen MR) is 119 cm³/mol. The lowest BCUT2D eigenvalue weighted by Gasteiger charge is -2.17. The van der Waals surface area contributed by atoms with Crippen molar-refractivity contribution >= 4 is 35.5 Å². The number of benzene rings is 3. The Balaban J connectivity index is 2.08. The van der Waals surface area contributed by atoms with E-state index in [4.69, 9.17) is 4.42 Å². The number of amides is 1. The maximum absolute atomic E-state index is 12.5. The number of aromatic hydroxyl groups is 1. The van der Waals surface area contributed by atoms with E-state index in [2.05, 4.69) is 17.9 Å². The highest BCUT2D eigenvalue weighted by molar-refractivity contribution is 7.80. The van der Waals surface area contributed by atoms with Crippen molar-refractivity contribution in [3.63, 3.8) is 0 Å². The first-order chi connectivity index (χ1) is 14.9. The van der Waals surface area contributed by atoms with E-state index in [-0.39, 0.29) is 39.6 Å². The van der Waals surface area contributed by atoms with E-state index < -0.39 is 5.97 Å². The number of hydrogen-bond acceptors (Lipinski definition) is 6. The minimum atomic E-state index is -1.17. The van der Waals surface area contributed by atoms with E-state index in [9.17, 15) is 24.6 Å². The van der Waals surface area contributed by atoms with Crippen LogP contribution in [0.3, 0.4) is 0 Å². The fourth-order valence-corrected chi connectivity index (χ4v) is 3.61. The highest BCUT2D eigenvalue weighted by atomic mass is 32.1. The summed E-state index contributed by atoms with van der Waals surface area (Å²) >= 11 is 4.08. The number of thiol groups is 1. The molecule has 1 aliphatic carbocycles. The zero-order chi connectivity index (χ0) is 22.1. The van der Waals surface area contributed by atoms with Crippen LogP contribution in [0, 0.1) is 0 Å². The molecular formula is C23H17NO6S. The molecule has 0 saturated carbocycles. The Labute approximate surface area is 181 Å². The Bertz CT molecular complexity index is 1360. The van der Waals surface area contributed by atoms with Crippen LogP contribution in [0.2, 0.25) is 0 Å². The molecule has 0 atom stereocenters. The number of fused-ring (bicyclic) bond motifs is 2. The SMILES string of the molecule is O=C(NCCS)c1ccc(C(=O)O)c(-c2c3ccc(=O)cc-3oc3cc(O)ccc23)c1. The fourth-order valence-electron chi connectivity index (χ4n) is 3.50. The topological polar surface area (TPSA) is 117 Å². The Kier molecular flexibility index (Phi) is 5.39. The van der Waals surface area contributed by atoms with Crippen LogP contribution in [0.15, 0.2) is 63.8 Å². The van der Waals surface area contributed by atoms with Gasteiger partial charge in [-0.05, 0) is 48.0 Å². The second-order valence-electron chi connectivity index (χ2n) is 6.86. The molecule has 2 aromatic rings. The van der Waals surface area contributed by atoms with Crippen LogP contribution < -0.4 is 10.7 Å². The molecule has 1 aliphatic heterocycles. The zero-order valence-corrected chi connectivity index (χ0v) is 17.0. The summed E-state index contributed by atoms with van der Waals surface area (Å²) in [7, 11) is 0. The van der Waals surface area contributed by atoms with Crippen LogP contribution in [-0.2, 0) is 0 Å². The zero-order valence-electron chi connectivity index (χ0n) is 16.1. The third-order valence-corrected chi connectivity index (χ3v) is 5.08. The summed E-state index contributed by atoms with van der Waals surface area (Å²) in [6.45, 7) is 0.361. The average Bonchev–Trinajstić information content (AvgIpc) is 2.75. The Hall–Kier alpha value is -3.78. The maximum atomic E-state index is 12.5. The maximum Gasteiger partial charge on any atom is 0.336 e. The van der Waals surface area contributed by atoms with Crippen molar-refractivity contribution in [2.45, 2.75) is 0 Å². The number of carbonyl (C=O) groups is 2. The summed E-state index contributed by atoms with van der Waals surface area (Å²) in [6, 6.07) is 13.0. The van der Waals surface area contributed by atoms with Crippen LogP contribution in [0.4, 0.5) is 0 Å². The highest BCUT2D eigenvalue weighted by Crippen LogP contribution is 2.42. The van der Waals surface area contributed by atoms with Gasteiger partial charge in [0.25, 0.3) is 5.91 Å². The van der Waals surface area contributed by atoms with Gasteiger partial charge in [-0.15, -0.1) is 0 Å². The lowest BCUT2D eigenvalue weighted by atomic mass is 9.89. The second kappa shape index (κ2) is 8.16. The molecule has 4 rings (SSSR count). The van der Waals surface area contributed by atoms with Gasteiger partial charge >= 0.3 is 5.97 Å². The molecule has 8 heteroatoms. The first-order valence-corrected chi connectivity index (χ1v) is 9.98. The van der Waals surface area contributed by atoms with Gasteiger partial charge < -0.3 is 19.9 Å². The van der Waals surface area contributed by atoms with Crippen LogP contribution in [0.5, 0.6) is 5.75 Å². The normalized spacial score (nSPS) is 11.0. The van der Waals surface area contributed by atoms with Gasteiger partial charge in [0.05, 0.1) is 5.56 Å². The number of nitrogens with one attached hydrogen (secondary N) is 1. The molecule has 0 radical (unpaired) electrons. The lowest BCUT2D eigenvalue weighted by molar-refractivity contribution is 0.0697. The monoisotopic (exact) mass is 435 g/mol. The van der Waals surface area contributed by atoms with Gasteiger partial charge in [0.15, 0.2) is 5.43 Å². The van der Waals surface area contributed by atoms with Gasteiger partial charge in [-0.25, -0.2) is 4.79 Å². The van der Waals surface area contributed by atoms with Gasteiger partial charge in [-0.3, -0.25) is 9.59 Å². The molecule has 0 fully saturated rings. The van der Waals surface area contributed by atoms with Crippen molar-refractivity contribution in [1.29, 1.82) is 0 Å². The minimum Gasteiger partial charge on any atom is -0.508 e. The fraction of sp³-hybridized carbons (Fsp3) is 0.0870. The van der Waals surface area contributed by atoms with Crippen molar-refractivity contribution in [3.05, 3.63) is 75.9 Å². The molecule has 0 aromatic heterocycles.